The molecule has 0 radical (unpaired) electrons. The van der Waals surface area contributed by atoms with Gasteiger partial charge in [0.05, 0.1) is 7.11 Å². The Kier molecular flexibility index (Phi) is 44.2. The maximum atomic E-state index is 4.35. The molecule has 0 bridgehead atoms. The molecule has 0 aliphatic carbocycles. The van der Waals surface area contributed by atoms with Crippen LogP contribution < -0.4 is 5.90 Å². The predicted molar refractivity (Wildman–Crippen MR) is 22.8 cm³/mol. The first-order valence-electron chi connectivity index (χ1n) is 1.64. The van der Waals surface area contributed by atoms with Crippen molar-refractivity contribution in [1.29, 1.82) is 0 Å². The summed E-state index contributed by atoms with van der Waals surface area (Å²) in [6.45, 7) is 0. The zero-order chi connectivity index (χ0) is 4.71. The molecular formula is C2H8LiNO. The molecule has 0 unspecified atom stereocenters. The molecule has 2 nitrogen and oxygen atoms in total. The normalized spacial score (nSPS) is 5.00. The molecule has 5 heavy (non-hydrogen) atoms. The Morgan fingerprint density at radius 1 is 1.60 bits per heavy atom. The molecule has 3 heteroatoms. The Labute approximate surface area is 41.8 Å². The van der Waals surface area contributed by atoms with Gasteiger partial charge in [-0.05, 0) is 0 Å². The van der Waals surface area contributed by atoms with E-state index in [9.17, 15) is 0 Å². The van der Waals surface area contributed by atoms with Crippen molar-refractivity contribution in [3.63, 3.8) is 0 Å². The van der Waals surface area contributed by atoms with E-state index in [1.54, 1.807) is 0 Å². The summed E-state index contributed by atoms with van der Waals surface area (Å²) in [4.78, 5) is 3.75. The number of hydrogen-bond donors (Lipinski definition) is 1. The topological polar surface area (TPSA) is 35.2 Å². The van der Waals surface area contributed by atoms with E-state index < -0.39 is 0 Å². The van der Waals surface area contributed by atoms with Gasteiger partial charge in [-0.1, -0.05) is 0 Å². The molecular weight excluding hydrogens is 61.0 g/mol. The number of nitrogens with two attached hydrogens (primary N) is 1. The molecule has 0 aromatic heterocycles. The van der Waals surface area contributed by atoms with E-state index in [0.29, 0.717) is 0 Å². The first-order valence-corrected chi connectivity index (χ1v) is 1.64. The summed E-state index contributed by atoms with van der Waals surface area (Å²) in [5, 5.41) is 0. The number of hydrogen-bond acceptors (Lipinski definition) is 2. The third-order valence-corrected chi connectivity index (χ3v) is 0. The first kappa shape index (κ1) is 9.10. The Balaban J connectivity index is 0. The van der Waals surface area contributed by atoms with Crippen LogP contribution in [0.2, 0.25) is 5.60 Å². The minimum atomic E-state index is 1.40. The van der Waals surface area contributed by atoms with Gasteiger partial charge >= 0.3 is 23.3 Å². The molecule has 0 saturated heterocycles. The average Bonchev–Trinajstić information content (AvgIpc) is 1.46. The second kappa shape index (κ2) is 24.3. The SMILES string of the molecule is CON.[Li][CH3]. The second-order valence-corrected chi connectivity index (χ2v) is 0.236. The first-order chi connectivity index (χ1) is 2.41. The van der Waals surface area contributed by atoms with Crippen molar-refractivity contribution in [3.8, 4) is 0 Å². The van der Waals surface area contributed by atoms with E-state index >= 15 is 0 Å². The fraction of sp³-hybridized carbons (Fsp3) is 1.00. The molecule has 0 aliphatic heterocycles. The Hall–Kier alpha value is 0.517. The van der Waals surface area contributed by atoms with Crippen molar-refractivity contribution < 1.29 is 4.84 Å². The van der Waals surface area contributed by atoms with Crippen LogP contribution in [0.25, 0.3) is 0 Å². The van der Waals surface area contributed by atoms with Gasteiger partial charge in [-0.25, -0.2) is 5.90 Å². The van der Waals surface area contributed by atoms with Gasteiger partial charge in [-0.2, -0.15) is 0 Å². The van der Waals surface area contributed by atoms with Crippen LogP contribution in [-0.2, 0) is 4.84 Å². The van der Waals surface area contributed by atoms with E-state index in [-0.39, 0.29) is 0 Å². The summed E-state index contributed by atoms with van der Waals surface area (Å²) < 4.78 is 0. The van der Waals surface area contributed by atoms with Crippen molar-refractivity contribution in [1.82, 2.24) is 0 Å². The van der Waals surface area contributed by atoms with Crippen LogP contribution >= 0.6 is 0 Å². The second-order valence-electron chi connectivity index (χ2n) is 0.236. The summed E-state index contributed by atoms with van der Waals surface area (Å²) in [5.74, 6) is 4.35. The van der Waals surface area contributed by atoms with Gasteiger partial charge in [-0.15, -0.1) is 0 Å². The Morgan fingerprint density at radius 2 is 1.60 bits per heavy atom. The maximum absolute atomic E-state index is 4.35. The van der Waals surface area contributed by atoms with Gasteiger partial charge in [0, 0.05) is 0 Å². The van der Waals surface area contributed by atoms with Gasteiger partial charge in [0.15, 0.2) is 0 Å². The van der Waals surface area contributed by atoms with Gasteiger partial charge < -0.3 is 4.84 Å². The summed E-state index contributed by atoms with van der Waals surface area (Å²) in [7, 11) is 1.40. The van der Waals surface area contributed by atoms with Gasteiger partial charge in [0.2, 0.25) is 0 Å². The monoisotopic (exact) mass is 69.1 g/mol. The molecule has 0 aromatic rings. The molecule has 0 amide bonds. The van der Waals surface area contributed by atoms with Crippen LogP contribution in [0.4, 0.5) is 0 Å². The molecule has 0 fully saturated rings. The van der Waals surface area contributed by atoms with E-state index in [2.05, 4.69) is 10.7 Å². The fourth-order valence-electron chi connectivity index (χ4n) is 0. The van der Waals surface area contributed by atoms with Gasteiger partial charge in [-0.3, -0.25) is 0 Å². The molecule has 28 valence electrons. The standard InChI is InChI=1S/CH5NO.CH3.Li/c1-3-2;;/h2H2,1H3;1H3;. The van der Waals surface area contributed by atoms with Crippen LogP contribution in [-0.4, -0.2) is 24.8 Å². The van der Waals surface area contributed by atoms with Crippen LogP contribution in [0.5, 0.6) is 0 Å². The van der Waals surface area contributed by atoms with Crippen molar-refractivity contribution in [3.05, 3.63) is 0 Å². The van der Waals surface area contributed by atoms with E-state index in [1.165, 1.54) is 7.11 Å². The van der Waals surface area contributed by atoms with E-state index in [4.69, 9.17) is 0 Å². The third-order valence-electron chi connectivity index (χ3n) is 0. The summed E-state index contributed by atoms with van der Waals surface area (Å²) in [6.07, 6.45) is 0. The van der Waals surface area contributed by atoms with Gasteiger partial charge in [0.25, 0.3) is 0 Å². The average molecular weight is 69.0 g/mol. The molecule has 0 saturated carbocycles. The van der Waals surface area contributed by atoms with Gasteiger partial charge in [0.1, 0.15) is 0 Å². The molecule has 0 aliphatic rings. The van der Waals surface area contributed by atoms with E-state index in [1.807, 2.05) is 23.3 Å². The zero-order valence-electron chi connectivity index (χ0n) is 3.99. The Morgan fingerprint density at radius 3 is 1.60 bits per heavy atom. The predicted octanol–water partition coefficient (Wildman–Crippen LogP) is -0.291. The molecule has 0 atom stereocenters. The summed E-state index contributed by atoms with van der Waals surface area (Å²) in [5.41, 5.74) is 2.00. The Bertz CT molecular complexity index is 9.61. The van der Waals surface area contributed by atoms with Crippen LogP contribution in [0.15, 0.2) is 0 Å². The third kappa shape index (κ3) is 107. The molecule has 2 N–H and O–H groups in total. The fourth-order valence-corrected chi connectivity index (χ4v) is 0. The van der Waals surface area contributed by atoms with E-state index in [0.717, 1.165) is 0 Å². The van der Waals surface area contributed by atoms with Crippen LogP contribution in [0.3, 0.4) is 0 Å². The van der Waals surface area contributed by atoms with Crippen molar-refractivity contribution in [2.24, 2.45) is 5.90 Å². The van der Waals surface area contributed by atoms with Crippen molar-refractivity contribution >= 4 is 17.7 Å². The number of rotatable bonds is 0. The summed E-state index contributed by atoms with van der Waals surface area (Å²) >= 11 is 2.00. The summed E-state index contributed by atoms with van der Waals surface area (Å²) in [6, 6.07) is 0. The quantitative estimate of drug-likeness (QED) is 0.313. The molecule has 0 spiro atoms. The zero-order valence-corrected chi connectivity index (χ0v) is 3.99. The van der Waals surface area contributed by atoms with Crippen molar-refractivity contribution in [2.45, 2.75) is 5.60 Å². The van der Waals surface area contributed by atoms with Crippen LogP contribution in [0, 0.1) is 0 Å². The molecule has 0 aromatic carbocycles. The molecule has 0 heterocycles. The molecule has 0 rings (SSSR count). The van der Waals surface area contributed by atoms with Crippen LogP contribution in [0.1, 0.15) is 0 Å². The van der Waals surface area contributed by atoms with Crippen molar-refractivity contribution in [2.75, 3.05) is 7.11 Å². The minimum absolute atomic E-state index is 1.40.